The van der Waals surface area contributed by atoms with Crippen molar-refractivity contribution < 1.29 is 0 Å². The maximum atomic E-state index is 2.45. The molecule has 2 aliphatic heterocycles. The van der Waals surface area contributed by atoms with E-state index < -0.39 is 0 Å². The van der Waals surface area contributed by atoms with E-state index in [4.69, 9.17) is 0 Å². The average molecular weight is 197 g/mol. The largest absolute Gasteiger partial charge is 0.306 e. The zero-order valence-corrected chi connectivity index (χ0v) is 9.71. The molecule has 0 aromatic carbocycles. The number of nitrogens with zero attached hydrogens (tertiary/aromatic N) is 1. The highest BCUT2D eigenvalue weighted by atomic mass is 32.2. The Morgan fingerprint density at radius 1 is 1.23 bits per heavy atom. The molecule has 0 bridgehead atoms. The molecule has 74 valence electrons. The van der Waals surface area contributed by atoms with Crippen LogP contribution in [-0.4, -0.2) is 35.5 Å². The molecule has 0 atom stereocenters. The van der Waals surface area contributed by atoms with E-state index in [1.165, 1.54) is 31.7 Å². The van der Waals surface area contributed by atoms with Crippen molar-refractivity contribution in [3.05, 3.63) is 11.1 Å². The molecule has 0 aromatic heterocycles. The molecule has 0 saturated carbocycles. The summed E-state index contributed by atoms with van der Waals surface area (Å²) in [4.78, 5) is 2.45. The number of piperidine rings is 1. The van der Waals surface area contributed by atoms with Gasteiger partial charge >= 0.3 is 0 Å². The average Bonchev–Trinajstić information content (AvgIpc) is 2.40. The van der Waals surface area contributed by atoms with Gasteiger partial charge < -0.3 is 4.90 Å². The predicted octanol–water partition coefficient (Wildman–Crippen LogP) is 2.53. The fraction of sp³-hybridized carbons (Fsp3) is 0.818. The summed E-state index contributed by atoms with van der Waals surface area (Å²) in [7, 11) is 2.23. The predicted molar refractivity (Wildman–Crippen MR) is 60.3 cm³/mol. The fourth-order valence-electron chi connectivity index (χ4n) is 2.35. The van der Waals surface area contributed by atoms with Gasteiger partial charge in [0.2, 0.25) is 0 Å². The van der Waals surface area contributed by atoms with Crippen molar-refractivity contribution in [2.45, 2.75) is 31.4 Å². The Kier molecular flexibility index (Phi) is 2.45. The van der Waals surface area contributed by atoms with E-state index in [1.54, 1.807) is 11.1 Å². The van der Waals surface area contributed by atoms with Gasteiger partial charge in [0.15, 0.2) is 0 Å². The summed E-state index contributed by atoms with van der Waals surface area (Å²) in [6.45, 7) is 7.20. The topological polar surface area (TPSA) is 3.24 Å². The molecule has 0 radical (unpaired) electrons. The molecular weight excluding hydrogens is 178 g/mol. The van der Waals surface area contributed by atoms with Crippen LogP contribution in [0.2, 0.25) is 0 Å². The van der Waals surface area contributed by atoms with E-state index in [1.807, 2.05) is 0 Å². The highest BCUT2D eigenvalue weighted by Gasteiger charge is 2.39. The van der Waals surface area contributed by atoms with Crippen LogP contribution in [0.15, 0.2) is 11.1 Å². The van der Waals surface area contributed by atoms with Crippen LogP contribution in [0, 0.1) is 0 Å². The summed E-state index contributed by atoms with van der Waals surface area (Å²) in [5.41, 5.74) is 3.32. The lowest BCUT2D eigenvalue weighted by Crippen LogP contribution is -2.40. The van der Waals surface area contributed by atoms with Gasteiger partial charge in [-0.2, -0.15) is 0 Å². The second-order valence-electron chi connectivity index (χ2n) is 4.49. The third-order valence-electron chi connectivity index (χ3n) is 3.68. The van der Waals surface area contributed by atoms with Crippen molar-refractivity contribution in [2.75, 3.05) is 25.9 Å². The molecule has 0 amide bonds. The van der Waals surface area contributed by atoms with Gasteiger partial charge in [-0.3, -0.25) is 0 Å². The number of hydrogen-bond donors (Lipinski definition) is 0. The zero-order chi connectivity index (χ0) is 9.47. The van der Waals surface area contributed by atoms with Gasteiger partial charge in [-0.15, -0.1) is 11.8 Å². The van der Waals surface area contributed by atoms with E-state index in [0.717, 1.165) is 0 Å². The summed E-state index contributed by atoms with van der Waals surface area (Å²) >= 11 is 2.18. The molecule has 13 heavy (non-hydrogen) atoms. The monoisotopic (exact) mass is 197 g/mol. The highest BCUT2D eigenvalue weighted by Crippen LogP contribution is 2.48. The maximum absolute atomic E-state index is 2.45. The first-order chi connectivity index (χ1) is 6.14. The van der Waals surface area contributed by atoms with Crippen molar-refractivity contribution in [1.29, 1.82) is 0 Å². The Balaban J connectivity index is 2.15. The van der Waals surface area contributed by atoms with Gasteiger partial charge in [0.25, 0.3) is 0 Å². The van der Waals surface area contributed by atoms with E-state index in [-0.39, 0.29) is 0 Å². The van der Waals surface area contributed by atoms with Crippen LogP contribution in [0.3, 0.4) is 0 Å². The molecule has 2 rings (SSSR count). The van der Waals surface area contributed by atoms with Gasteiger partial charge in [-0.25, -0.2) is 0 Å². The standard InChI is InChI=1S/C11H19NS/c1-9-8-13-11(10(9)2)4-6-12(3)7-5-11/h4-8H2,1-3H3. The highest BCUT2D eigenvalue weighted by molar-refractivity contribution is 8.01. The number of hydrogen-bond acceptors (Lipinski definition) is 2. The Morgan fingerprint density at radius 3 is 2.31 bits per heavy atom. The Morgan fingerprint density at radius 2 is 1.85 bits per heavy atom. The molecule has 1 fully saturated rings. The maximum Gasteiger partial charge on any atom is 0.0395 e. The first-order valence-electron chi connectivity index (χ1n) is 5.13. The molecular formula is C11H19NS. The third-order valence-corrected chi connectivity index (χ3v) is 5.53. The molecule has 2 aliphatic rings. The van der Waals surface area contributed by atoms with E-state index >= 15 is 0 Å². The molecule has 1 saturated heterocycles. The zero-order valence-electron chi connectivity index (χ0n) is 8.89. The number of likely N-dealkylation sites (tertiary alicyclic amines) is 1. The van der Waals surface area contributed by atoms with Crippen LogP contribution in [0.1, 0.15) is 26.7 Å². The minimum absolute atomic E-state index is 0.538. The summed E-state index contributed by atoms with van der Waals surface area (Å²) < 4.78 is 0.538. The lowest BCUT2D eigenvalue weighted by molar-refractivity contribution is 0.254. The Labute approximate surface area is 85.6 Å². The van der Waals surface area contributed by atoms with Gasteiger partial charge in [-0.05, 0) is 46.8 Å². The first-order valence-corrected chi connectivity index (χ1v) is 6.12. The second-order valence-corrected chi connectivity index (χ2v) is 5.85. The van der Waals surface area contributed by atoms with Crippen molar-refractivity contribution in [1.82, 2.24) is 4.90 Å². The van der Waals surface area contributed by atoms with Gasteiger partial charge in [0.05, 0.1) is 0 Å². The molecule has 0 aromatic rings. The smallest absolute Gasteiger partial charge is 0.0395 e. The fourth-order valence-corrected chi connectivity index (χ4v) is 3.92. The molecule has 0 aliphatic carbocycles. The molecule has 0 unspecified atom stereocenters. The second kappa shape index (κ2) is 3.32. The van der Waals surface area contributed by atoms with Crippen LogP contribution in [-0.2, 0) is 0 Å². The van der Waals surface area contributed by atoms with Crippen LogP contribution in [0.5, 0.6) is 0 Å². The van der Waals surface area contributed by atoms with Crippen LogP contribution >= 0.6 is 11.8 Å². The quantitative estimate of drug-likeness (QED) is 0.549. The van der Waals surface area contributed by atoms with E-state index in [9.17, 15) is 0 Å². The lowest BCUT2D eigenvalue weighted by Gasteiger charge is -2.38. The number of rotatable bonds is 0. The molecule has 1 spiro atoms. The molecule has 0 N–H and O–H groups in total. The minimum atomic E-state index is 0.538. The summed E-state index contributed by atoms with van der Waals surface area (Å²) in [6, 6.07) is 0. The Bertz CT molecular complexity index is 236. The molecule has 1 nitrogen and oxygen atoms in total. The van der Waals surface area contributed by atoms with E-state index in [2.05, 4.69) is 37.6 Å². The summed E-state index contributed by atoms with van der Waals surface area (Å²) in [5, 5.41) is 0. The molecule has 2 heteroatoms. The van der Waals surface area contributed by atoms with E-state index in [0.29, 0.717) is 4.75 Å². The van der Waals surface area contributed by atoms with Gasteiger partial charge in [0, 0.05) is 10.5 Å². The van der Waals surface area contributed by atoms with Crippen LogP contribution in [0.4, 0.5) is 0 Å². The third kappa shape index (κ3) is 1.55. The van der Waals surface area contributed by atoms with Crippen LogP contribution < -0.4 is 0 Å². The van der Waals surface area contributed by atoms with Gasteiger partial charge in [0.1, 0.15) is 0 Å². The van der Waals surface area contributed by atoms with Crippen molar-refractivity contribution in [3.63, 3.8) is 0 Å². The first kappa shape index (κ1) is 9.60. The number of thioether (sulfide) groups is 1. The normalized spacial score (nSPS) is 28.8. The van der Waals surface area contributed by atoms with Gasteiger partial charge in [-0.1, -0.05) is 11.1 Å². The van der Waals surface area contributed by atoms with Crippen molar-refractivity contribution in [3.8, 4) is 0 Å². The summed E-state index contributed by atoms with van der Waals surface area (Å²) in [6.07, 6.45) is 2.72. The minimum Gasteiger partial charge on any atom is -0.306 e. The Hall–Kier alpha value is 0.0500. The lowest BCUT2D eigenvalue weighted by atomic mass is 9.87. The summed E-state index contributed by atoms with van der Waals surface area (Å²) in [5.74, 6) is 1.27. The SMILES string of the molecule is CC1=C(C)C2(CCN(C)CC2)SC1. The van der Waals surface area contributed by atoms with Crippen LogP contribution in [0.25, 0.3) is 0 Å². The van der Waals surface area contributed by atoms with Crippen molar-refractivity contribution >= 4 is 11.8 Å². The molecule has 2 heterocycles. The van der Waals surface area contributed by atoms with Crippen molar-refractivity contribution in [2.24, 2.45) is 0 Å².